The fourth-order valence-electron chi connectivity index (χ4n) is 2.84. The standard InChI is InChI=1S/C20H17N3O2S/c1-3-25-15-10-8-14(9-11-15)12-17-19(24)23-18(21-22-20(23)26-17)16-7-5-4-6-13(16)2/h4-12H,3H2,1-2H3/b17-12+. The van der Waals surface area contributed by atoms with Gasteiger partial charge in [0.25, 0.3) is 5.56 Å². The van der Waals surface area contributed by atoms with Crippen LogP contribution in [0.5, 0.6) is 5.75 Å². The molecule has 0 aliphatic heterocycles. The maximum atomic E-state index is 12.9. The molecule has 0 fully saturated rings. The Labute approximate surface area is 154 Å². The average Bonchev–Trinajstić information content (AvgIpc) is 3.18. The summed E-state index contributed by atoms with van der Waals surface area (Å²) in [5.74, 6) is 1.41. The molecule has 6 heteroatoms. The van der Waals surface area contributed by atoms with Crippen molar-refractivity contribution < 1.29 is 4.74 Å². The van der Waals surface area contributed by atoms with Crippen LogP contribution in [-0.4, -0.2) is 21.2 Å². The Bertz CT molecular complexity index is 1180. The third-order valence-electron chi connectivity index (χ3n) is 4.12. The molecular formula is C20H17N3O2S. The maximum absolute atomic E-state index is 12.9. The van der Waals surface area contributed by atoms with E-state index in [9.17, 15) is 4.79 Å². The number of aromatic nitrogens is 3. The average molecular weight is 363 g/mol. The molecule has 0 amide bonds. The summed E-state index contributed by atoms with van der Waals surface area (Å²) in [6.45, 7) is 4.58. The topological polar surface area (TPSA) is 56.5 Å². The second-order valence-corrected chi connectivity index (χ2v) is 6.88. The fraction of sp³-hybridized carbons (Fsp3) is 0.150. The first-order valence-corrected chi connectivity index (χ1v) is 9.17. The minimum absolute atomic E-state index is 0.0952. The SMILES string of the molecule is CCOc1ccc(/C=c2/sc3nnc(-c4ccccc4C)n3c2=O)cc1. The van der Waals surface area contributed by atoms with Gasteiger partial charge in [-0.25, -0.2) is 4.40 Å². The van der Waals surface area contributed by atoms with Crippen LogP contribution in [0.25, 0.3) is 22.4 Å². The van der Waals surface area contributed by atoms with Crippen molar-refractivity contribution in [3.05, 3.63) is 74.5 Å². The van der Waals surface area contributed by atoms with Crippen LogP contribution in [0.2, 0.25) is 0 Å². The monoisotopic (exact) mass is 363 g/mol. The van der Waals surface area contributed by atoms with Crippen molar-refractivity contribution in [2.75, 3.05) is 6.61 Å². The first-order chi connectivity index (χ1) is 12.7. The number of aryl methyl sites for hydroxylation is 1. The van der Waals surface area contributed by atoms with Crippen molar-refractivity contribution in [3.63, 3.8) is 0 Å². The van der Waals surface area contributed by atoms with Crippen LogP contribution in [0.15, 0.2) is 53.3 Å². The largest absolute Gasteiger partial charge is 0.494 e. The van der Waals surface area contributed by atoms with Crippen LogP contribution in [0.1, 0.15) is 18.1 Å². The quantitative estimate of drug-likeness (QED) is 0.559. The Morgan fingerprint density at radius 2 is 1.88 bits per heavy atom. The third-order valence-corrected chi connectivity index (χ3v) is 5.08. The molecule has 2 heterocycles. The van der Waals surface area contributed by atoms with E-state index in [1.165, 1.54) is 11.3 Å². The minimum atomic E-state index is -0.0952. The third kappa shape index (κ3) is 2.88. The highest BCUT2D eigenvalue weighted by atomic mass is 32.1. The Balaban J connectivity index is 1.82. The predicted molar refractivity (Wildman–Crippen MR) is 104 cm³/mol. The minimum Gasteiger partial charge on any atom is -0.494 e. The summed E-state index contributed by atoms with van der Waals surface area (Å²) in [6, 6.07) is 15.5. The van der Waals surface area contributed by atoms with E-state index in [0.29, 0.717) is 21.9 Å². The van der Waals surface area contributed by atoms with Crippen LogP contribution < -0.4 is 14.8 Å². The molecule has 0 unspecified atom stereocenters. The van der Waals surface area contributed by atoms with E-state index in [2.05, 4.69) is 10.2 Å². The van der Waals surface area contributed by atoms with Gasteiger partial charge in [0.15, 0.2) is 5.82 Å². The van der Waals surface area contributed by atoms with Gasteiger partial charge in [-0.3, -0.25) is 4.79 Å². The number of thiazole rings is 1. The van der Waals surface area contributed by atoms with Gasteiger partial charge in [0.2, 0.25) is 4.96 Å². The Morgan fingerprint density at radius 1 is 1.12 bits per heavy atom. The predicted octanol–water partition coefficient (Wildman–Crippen LogP) is 3.07. The van der Waals surface area contributed by atoms with Gasteiger partial charge in [0.05, 0.1) is 11.1 Å². The lowest BCUT2D eigenvalue weighted by Gasteiger charge is -2.01. The number of fused-ring (bicyclic) bond motifs is 1. The summed E-state index contributed by atoms with van der Waals surface area (Å²) >= 11 is 1.34. The van der Waals surface area contributed by atoms with E-state index in [4.69, 9.17) is 4.74 Å². The Hall–Kier alpha value is -2.99. The lowest BCUT2D eigenvalue weighted by atomic mass is 10.1. The van der Waals surface area contributed by atoms with Gasteiger partial charge in [-0.15, -0.1) is 10.2 Å². The normalized spacial score (nSPS) is 12.0. The molecule has 0 spiro atoms. The van der Waals surface area contributed by atoms with E-state index in [1.807, 2.05) is 68.5 Å². The molecule has 4 rings (SSSR count). The number of hydrogen-bond acceptors (Lipinski definition) is 5. The van der Waals surface area contributed by atoms with Crippen LogP contribution in [0, 0.1) is 6.92 Å². The number of rotatable bonds is 4. The zero-order valence-electron chi connectivity index (χ0n) is 14.5. The van der Waals surface area contributed by atoms with Gasteiger partial charge < -0.3 is 4.74 Å². The highest BCUT2D eigenvalue weighted by molar-refractivity contribution is 7.15. The van der Waals surface area contributed by atoms with Crippen molar-refractivity contribution in [1.29, 1.82) is 0 Å². The number of ether oxygens (including phenoxy) is 1. The molecule has 0 saturated heterocycles. The second kappa shape index (κ2) is 6.72. The van der Waals surface area contributed by atoms with E-state index in [1.54, 1.807) is 4.40 Å². The summed E-state index contributed by atoms with van der Waals surface area (Å²) in [7, 11) is 0. The fourth-order valence-corrected chi connectivity index (χ4v) is 3.75. The molecule has 130 valence electrons. The molecule has 5 nitrogen and oxygen atoms in total. The van der Waals surface area contributed by atoms with Crippen LogP contribution in [0.3, 0.4) is 0 Å². The molecule has 4 aromatic rings. The van der Waals surface area contributed by atoms with Gasteiger partial charge in [0, 0.05) is 5.56 Å². The lowest BCUT2D eigenvalue weighted by Crippen LogP contribution is -2.23. The molecule has 2 aromatic heterocycles. The lowest BCUT2D eigenvalue weighted by molar-refractivity contribution is 0.340. The van der Waals surface area contributed by atoms with Crippen molar-refractivity contribution in [3.8, 4) is 17.1 Å². The first-order valence-electron chi connectivity index (χ1n) is 8.36. The molecular weight excluding hydrogens is 346 g/mol. The van der Waals surface area contributed by atoms with Gasteiger partial charge >= 0.3 is 0 Å². The Kier molecular flexibility index (Phi) is 4.26. The van der Waals surface area contributed by atoms with E-state index >= 15 is 0 Å². The molecule has 26 heavy (non-hydrogen) atoms. The van der Waals surface area contributed by atoms with Crippen molar-refractivity contribution in [1.82, 2.24) is 14.6 Å². The molecule has 0 aliphatic carbocycles. The summed E-state index contributed by atoms with van der Waals surface area (Å²) < 4.78 is 7.67. The van der Waals surface area contributed by atoms with Crippen molar-refractivity contribution in [2.45, 2.75) is 13.8 Å². The molecule has 2 aromatic carbocycles. The molecule has 0 radical (unpaired) electrons. The molecule has 0 atom stereocenters. The van der Waals surface area contributed by atoms with Crippen LogP contribution in [0.4, 0.5) is 0 Å². The van der Waals surface area contributed by atoms with E-state index < -0.39 is 0 Å². The van der Waals surface area contributed by atoms with Crippen LogP contribution in [-0.2, 0) is 0 Å². The Morgan fingerprint density at radius 3 is 2.62 bits per heavy atom. The maximum Gasteiger partial charge on any atom is 0.276 e. The van der Waals surface area contributed by atoms with Crippen molar-refractivity contribution >= 4 is 22.4 Å². The first kappa shape index (κ1) is 16.5. The zero-order chi connectivity index (χ0) is 18.1. The summed E-state index contributed by atoms with van der Waals surface area (Å²) in [5, 5.41) is 8.41. The highest BCUT2D eigenvalue weighted by Crippen LogP contribution is 2.21. The molecule has 0 aliphatic rings. The molecule has 0 bridgehead atoms. The van der Waals surface area contributed by atoms with Gasteiger partial charge in [-0.2, -0.15) is 0 Å². The van der Waals surface area contributed by atoms with Gasteiger partial charge in [0.1, 0.15) is 5.75 Å². The smallest absolute Gasteiger partial charge is 0.276 e. The van der Waals surface area contributed by atoms with Crippen molar-refractivity contribution in [2.24, 2.45) is 0 Å². The second-order valence-electron chi connectivity index (χ2n) is 5.87. The zero-order valence-corrected chi connectivity index (χ0v) is 15.3. The summed E-state index contributed by atoms with van der Waals surface area (Å²) in [6.07, 6.45) is 1.87. The summed E-state index contributed by atoms with van der Waals surface area (Å²) in [4.78, 5) is 13.5. The van der Waals surface area contributed by atoms with E-state index in [0.717, 1.165) is 22.4 Å². The number of benzene rings is 2. The molecule has 0 saturated carbocycles. The highest BCUT2D eigenvalue weighted by Gasteiger charge is 2.15. The van der Waals surface area contributed by atoms with Crippen LogP contribution >= 0.6 is 11.3 Å². The summed E-state index contributed by atoms with van der Waals surface area (Å²) in [5.41, 5.74) is 2.83. The molecule has 0 N–H and O–H groups in total. The number of hydrogen-bond donors (Lipinski definition) is 0. The number of nitrogens with zero attached hydrogens (tertiary/aromatic N) is 3. The van der Waals surface area contributed by atoms with E-state index in [-0.39, 0.29) is 5.56 Å². The van der Waals surface area contributed by atoms with Gasteiger partial charge in [-0.05, 0) is 43.2 Å². The van der Waals surface area contributed by atoms with Gasteiger partial charge in [-0.1, -0.05) is 47.7 Å².